The number of nitrogens with zero attached hydrogens (tertiary/aromatic N) is 15. The number of hydrogen-bond donors (Lipinski definition) is 13. The van der Waals surface area contributed by atoms with Crippen LogP contribution in [0.1, 0.15) is 95.3 Å². The minimum Gasteiger partial charge on any atom is -0.449 e. The Morgan fingerprint density at radius 3 is 1.58 bits per heavy atom. The summed E-state index contributed by atoms with van der Waals surface area (Å²) in [6, 6.07) is 9.00. The van der Waals surface area contributed by atoms with E-state index < -0.39 is 161 Å². The van der Waals surface area contributed by atoms with Crippen molar-refractivity contribution in [2.45, 2.75) is 163 Å². The number of carbonyl (C=O) groups is 4. The molecule has 1 saturated carbocycles. The van der Waals surface area contributed by atoms with Gasteiger partial charge in [-0.1, -0.05) is 91.9 Å². The Bertz CT molecular complexity index is 4080. The average Bonchev–Trinajstić information content (AvgIpc) is 1.16. The number of alkyl carbamates (subject to hydrolysis) is 1. The average molecular weight is 1620 g/mol. The highest BCUT2D eigenvalue weighted by Crippen LogP contribution is 2.49. The van der Waals surface area contributed by atoms with E-state index in [9.17, 15) is 80.5 Å². The number of allylic oxidation sites excluding steroid dienone is 3. The summed E-state index contributed by atoms with van der Waals surface area (Å²) in [6.07, 6.45) is -14.2. The van der Waals surface area contributed by atoms with Crippen molar-refractivity contribution in [1.82, 2.24) is 75.1 Å². The number of ether oxygens (including phenoxy) is 8. The lowest BCUT2D eigenvalue weighted by Gasteiger charge is -2.43. The fraction of sp³-hybridized carbons (Fsp3) is 0.606. The lowest BCUT2D eigenvalue weighted by atomic mass is 9.61. The monoisotopic (exact) mass is 1620 g/mol. The molecule has 18 atom stereocenters. The van der Waals surface area contributed by atoms with E-state index in [1.165, 1.54) is 45.1 Å². The second kappa shape index (κ2) is 37.3. The quantitative estimate of drug-likeness (QED) is 0.00938. The Hall–Kier alpha value is -8.06. The Morgan fingerprint density at radius 1 is 0.628 bits per heavy atom. The third-order valence-corrected chi connectivity index (χ3v) is 23.6. The van der Waals surface area contributed by atoms with Gasteiger partial charge in [0, 0.05) is 65.3 Å². The lowest BCUT2D eigenvalue weighted by molar-refractivity contribution is -0.254. The van der Waals surface area contributed by atoms with Crippen molar-refractivity contribution in [3.63, 3.8) is 0 Å². The first-order valence-corrected chi connectivity index (χ1v) is 39.3. The maximum atomic E-state index is 14.2. The number of nitrogens with one attached hydrogen (secondary N) is 1. The third kappa shape index (κ3) is 18.9. The second-order valence-corrected chi connectivity index (χ2v) is 31.9. The zero-order valence-electron chi connectivity index (χ0n) is 62.1. The van der Waals surface area contributed by atoms with Crippen LogP contribution in [0.15, 0.2) is 92.1 Å². The van der Waals surface area contributed by atoms with Crippen LogP contribution in [0.25, 0.3) is 10.8 Å². The first-order valence-electron chi connectivity index (χ1n) is 36.8. The van der Waals surface area contributed by atoms with Crippen LogP contribution in [0.3, 0.4) is 0 Å². The Kier molecular flexibility index (Phi) is 27.8. The van der Waals surface area contributed by atoms with Gasteiger partial charge in [-0.05, 0) is 61.6 Å². The van der Waals surface area contributed by atoms with E-state index in [1.807, 2.05) is 18.2 Å². The SMILES string of the molecule is C=C[C@]1(C)CC[C@@H](C(=C)Cn2cc(CN3C(=O)c4cccc5c(N6CCN(C(=O)OCCSSCCOC(=O)NC(COCc7cn([C@@H]8O[C@H](CO)[C@H](O)[C@H](O)[C@H]8O)nn7)(COCc7cn([C@@H]8O[C@H](CO)[C@H](O)[C@H](O)[C@H]8O)nn7)COCc7cn([C@@H]8O[C@H](CO)[C@H](O)[C@H](O)[C@H]8O)nn7)CC6)ccc(c45)C3=O)nn2)C[C@H]1C(=C)C. The number of rotatable bonds is 34. The molecule has 5 fully saturated rings. The van der Waals surface area contributed by atoms with E-state index in [0.717, 1.165) is 55.5 Å². The predicted octanol–water partition coefficient (Wildman–Crippen LogP) is -1.58. The van der Waals surface area contributed by atoms with Crippen LogP contribution >= 0.6 is 21.6 Å². The molecular weight excluding hydrogens is 1530 g/mol. The molecule has 6 aromatic rings. The van der Waals surface area contributed by atoms with Gasteiger partial charge in [0.2, 0.25) is 0 Å². The Balaban J connectivity index is 0.639. The molecule has 42 heteroatoms. The number of aromatic nitrogens is 12. The van der Waals surface area contributed by atoms with E-state index in [1.54, 1.807) is 34.0 Å². The summed E-state index contributed by atoms with van der Waals surface area (Å²) in [5, 5.41) is 161. The largest absolute Gasteiger partial charge is 0.449 e. The zero-order valence-corrected chi connectivity index (χ0v) is 63.7. The number of imide groups is 1. The lowest BCUT2D eigenvalue weighted by Crippen LogP contribution is -2.58. The Labute approximate surface area is 654 Å². The van der Waals surface area contributed by atoms with Gasteiger partial charge in [-0.2, -0.15) is 0 Å². The number of piperazine rings is 1. The van der Waals surface area contributed by atoms with Gasteiger partial charge in [0.05, 0.1) is 97.3 Å². The number of benzene rings is 2. The van der Waals surface area contributed by atoms with E-state index in [2.05, 4.69) is 85.0 Å². The maximum absolute atomic E-state index is 14.2. The molecule has 5 aliphatic heterocycles. The summed E-state index contributed by atoms with van der Waals surface area (Å²) in [6.45, 7) is 14.3. The van der Waals surface area contributed by atoms with Crippen molar-refractivity contribution >= 4 is 62.0 Å². The fourth-order valence-corrected chi connectivity index (χ4v) is 16.5. The number of anilines is 1. The highest BCUT2D eigenvalue weighted by atomic mass is 33.1. The summed E-state index contributed by atoms with van der Waals surface area (Å²) in [7, 11) is 2.68. The van der Waals surface area contributed by atoms with Crippen LogP contribution in [0.2, 0.25) is 0 Å². The van der Waals surface area contributed by atoms with Gasteiger partial charge in [0.15, 0.2) is 18.7 Å². The van der Waals surface area contributed by atoms with E-state index in [-0.39, 0.29) is 79.7 Å². The molecule has 9 heterocycles. The molecule has 12 rings (SSSR count). The van der Waals surface area contributed by atoms with Gasteiger partial charge < -0.3 is 114 Å². The molecule has 0 unspecified atom stereocenters. The van der Waals surface area contributed by atoms with Gasteiger partial charge in [-0.3, -0.25) is 14.5 Å². The first kappa shape index (κ1) is 84.3. The maximum Gasteiger partial charge on any atom is 0.409 e. The summed E-state index contributed by atoms with van der Waals surface area (Å²) in [4.78, 5) is 60.8. The van der Waals surface area contributed by atoms with Crippen molar-refractivity contribution in [1.29, 1.82) is 0 Å². The highest BCUT2D eigenvalue weighted by molar-refractivity contribution is 8.76. The molecule has 616 valence electrons. The molecule has 13 N–H and O–H groups in total. The minimum atomic E-state index is -1.74. The molecule has 4 aromatic heterocycles. The summed E-state index contributed by atoms with van der Waals surface area (Å²) in [5.41, 5.74) is 2.78. The number of carbonyl (C=O) groups excluding carboxylic acids is 4. The van der Waals surface area contributed by atoms with Crippen LogP contribution in [-0.4, -0.2) is 324 Å². The molecule has 1 aliphatic carbocycles. The number of aliphatic hydroxyl groups is 12. The first-order chi connectivity index (χ1) is 54.3. The van der Waals surface area contributed by atoms with E-state index >= 15 is 0 Å². The van der Waals surface area contributed by atoms with Crippen LogP contribution < -0.4 is 10.2 Å². The third-order valence-electron chi connectivity index (χ3n) is 21.3. The van der Waals surface area contributed by atoms with Crippen molar-refractivity contribution in [2.24, 2.45) is 17.3 Å². The molecule has 2 aromatic carbocycles. The summed E-state index contributed by atoms with van der Waals surface area (Å²) >= 11 is 0. The highest BCUT2D eigenvalue weighted by Gasteiger charge is 2.49. The van der Waals surface area contributed by atoms with Gasteiger partial charge in [0.1, 0.15) is 115 Å². The van der Waals surface area contributed by atoms with Crippen LogP contribution in [0, 0.1) is 17.3 Å². The Morgan fingerprint density at radius 2 is 1.11 bits per heavy atom. The molecule has 0 bridgehead atoms. The molecule has 4 amide bonds. The van der Waals surface area contributed by atoms with Gasteiger partial charge >= 0.3 is 12.2 Å². The van der Waals surface area contributed by atoms with Gasteiger partial charge in [-0.25, -0.2) is 28.3 Å². The van der Waals surface area contributed by atoms with E-state index in [0.29, 0.717) is 60.7 Å². The molecule has 0 spiro atoms. The normalized spacial score (nSPS) is 28.9. The van der Waals surface area contributed by atoms with Crippen LogP contribution in [-0.2, 0) is 70.8 Å². The molecule has 4 saturated heterocycles. The molecule has 0 radical (unpaired) electrons. The standard InChI is InChI=1S/C71H96N16O24S2/c1-6-70(5)13-12-40(22-48(70)38(2)3)39(4)23-83-24-41(73-77-83)25-84-63(100)46-9-7-8-45-49(11-10-47(53(45)46)64(84)101)81-14-16-82(17-15-81)69(103)108-19-21-113-112-20-18-107-68(102)72-71(35-104-32-42-26-85(78-74-42)65-60(97)57(94)54(91)50(29-88)109-65,36-105-33-43-27-86(79-75-43)66-61(98)58(95)55(92)51(30-89)110-66)37-106-34-44-28-87(80-76-44)67-62(99)59(96)56(93)52(31-90)111-67/h6-11,24,26-28,40,48,50-52,54-62,65-67,88-99H,1-2,4,12-23,25,29-37H2,3,5H3,(H,72,102)/t40-,48+,50-,51-,52-,54+,55+,56+,57+,58+,59+,60-,61-,62-,65-,66-,67-,70-/m1/s1. The molecule has 6 aliphatic rings. The predicted molar refractivity (Wildman–Crippen MR) is 395 cm³/mol. The minimum absolute atomic E-state index is 0.0246. The fourth-order valence-electron chi connectivity index (χ4n) is 14.9. The van der Waals surface area contributed by atoms with Crippen LogP contribution in [0.4, 0.5) is 15.3 Å². The zero-order chi connectivity index (χ0) is 80.6. The number of aliphatic hydroxyl groups excluding tert-OH is 12. The van der Waals surface area contributed by atoms with Gasteiger partial charge in [0.25, 0.3) is 11.8 Å². The van der Waals surface area contributed by atoms with Crippen molar-refractivity contribution < 1.29 is 118 Å². The topological polar surface area (TPSA) is 529 Å². The van der Waals surface area contributed by atoms with Crippen LogP contribution in [0.5, 0.6) is 0 Å². The molecule has 113 heavy (non-hydrogen) atoms. The van der Waals surface area contributed by atoms with Crippen molar-refractivity contribution in [3.05, 3.63) is 126 Å². The smallest absolute Gasteiger partial charge is 0.409 e. The summed E-state index contributed by atoms with van der Waals surface area (Å²) < 4.78 is 51.5. The molecular formula is C71H96N16O24S2. The number of hydrogen-bond acceptors (Lipinski definition) is 35. The number of amides is 4. The van der Waals surface area contributed by atoms with E-state index in [4.69, 9.17) is 37.9 Å². The summed E-state index contributed by atoms with van der Waals surface area (Å²) in [5.74, 6) is 0.261. The second-order valence-electron chi connectivity index (χ2n) is 29.2. The van der Waals surface area contributed by atoms with Crippen molar-refractivity contribution in [2.75, 3.05) is 95.4 Å². The van der Waals surface area contributed by atoms with Crippen molar-refractivity contribution in [3.8, 4) is 0 Å². The van der Waals surface area contributed by atoms with Gasteiger partial charge in [-0.15, -0.1) is 27.0 Å². The molecule has 40 nitrogen and oxygen atoms in total.